The van der Waals surface area contributed by atoms with Gasteiger partial charge in [-0.25, -0.2) is 0 Å². The Kier molecular flexibility index (Phi) is 6.64. The second kappa shape index (κ2) is 8.96. The van der Waals surface area contributed by atoms with Crippen molar-refractivity contribution in [3.05, 3.63) is 58.7 Å². The van der Waals surface area contributed by atoms with Crippen molar-refractivity contribution in [3.8, 4) is 11.5 Å². The van der Waals surface area contributed by atoms with Gasteiger partial charge in [-0.2, -0.15) is 0 Å². The Morgan fingerprint density at radius 3 is 2.52 bits per heavy atom. The predicted octanol–water partition coefficient (Wildman–Crippen LogP) is 4.19. The van der Waals surface area contributed by atoms with E-state index in [0.717, 1.165) is 57.0 Å². The van der Waals surface area contributed by atoms with Gasteiger partial charge >= 0.3 is 0 Å². The van der Waals surface area contributed by atoms with E-state index in [1.807, 2.05) is 0 Å². The third-order valence-corrected chi connectivity index (χ3v) is 5.60. The molecule has 146 valence electrons. The fraction of sp³-hybridized carbons (Fsp3) is 0.455. The first-order chi connectivity index (χ1) is 12.8. The molecule has 0 saturated heterocycles. The molecule has 2 aromatic rings. The Morgan fingerprint density at radius 1 is 1.00 bits per heavy atom. The molecule has 0 amide bonds. The Morgan fingerprint density at radius 2 is 1.74 bits per heavy atom. The van der Waals surface area contributed by atoms with E-state index in [9.17, 15) is 0 Å². The summed E-state index contributed by atoms with van der Waals surface area (Å²) in [7, 11) is 3.39. The minimum absolute atomic E-state index is 0. The highest BCUT2D eigenvalue weighted by molar-refractivity contribution is 5.85. The maximum Gasteiger partial charge on any atom is 0.161 e. The van der Waals surface area contributed by atoms with E-state index in [-0.39, 0.29) is 18.5 Å². The van der Waals surface area contributed by atoms with E-state index in [1.54, 1.807) is 14.2 Å². The number of halogens is 1. The lowest BCUT2D eigenvalue weighted by molar-refractivity contribution is 0.0283. The second-order valence-corrected chi connectivity index (χ2v) is 7.10. The molecular formula is C22H28ClNO3. The fourth-order valence-corrected chi connectivity index (χ4v) is 4.15. The summed E-state index contributed by atoms with van der Waals surface area (Å²) in [5.41, 5.74) is 5.55. The molecule has 1 unspecified atom stereocenters. The number of hydrogen-bond acceptors (Lipinski definition) is 4. The van der Waals surface area contributed by atoms with Crippen LogP contribution in [-0.4, -0.2) is 38.8 Å². The highest BCUT2D eigenvalue weighted by Gasteiger charge is 2.23. The zero-order valence-corrected chi connectivity index (χ0v) is 16.9. The molecule has 4 nitrogen and oxygen atoms in total. The lowest BCUT2D eigenvalue weighted by Crippen LogP contribution is -2.32. The first kappa shape index (κ1) is 20.0. The molecule has 0 aromatic heterocycles. The van der Waals surface area contributed by atoms with Gasteiger partial charge in [0.05, 0.1) is 26.9 Å². The van der Waals surface area contributed by atoms with Crippen molar-refractivity contribution in [2.24, 2.45) is 0 Å². The molecule has 0 N–H and O–H groups in total. The monoisotopic (exact) mass is 389 g/mol. The van der Waals surface area contributed by atoms with E-state index in [0.29, 0.717) is 0 Å². The van der Waals surface area contributed by atoms with Crippen LogP contribution in [0, 0.1) is 0 Å². The van der Waals surface area contributed by atoms with Crippen LogP contribution < -0.4 is 9.47 Å². The number of fused-ring (bicyclic) bond motifs is 2. The maximum atomic E-state index is 6.07. The van der Waals surface area contributed by atoms with Crippen molar-refractivity contribution in [1.82, 2.24) is 4.90 Å². The van der Waals surface area contributed by atoms with Crippen molar-refractivity contribution < 1.29 is 14.2 Å². The Balaban J connectivity index is 0.00000210. The van der Waals surface area contributed by atoms with Crippen molar-refractivity contribution in [2.75, 3.05) is 33.9 Å². The minimum atomic E-state index is 0. The highest BCUT2D eigenvalue weighted by atomic mass is 35.5. The van der Waals surface area contributed by atoms with E-state index in [2.05, 4.69) is 41.3 Å². The van der Waals surface area contributed by atoms with Gasteiger partial charge in [0.2, 0.25) is 0 Å². The summed E-state index contributed by atoms with van der Waals surface area (Å²) >= 11 is 0. The van der Waals surface area contributed by atoms with Crippen LogP contribution in [0.15, 0.2) is 36.4 Å². The zero-order chi connectivity index (χ0) is 17.9. The number of benzene rings is 2. The van der Waals surface area contributed by atoms with Gasteiger partial charge in [-0.05, 0) is 53.6 Å². The number of methoxy groups -OCH3 is 2. The quantitative estimate of drug-likeness (QED) is 0.767. The molecule has 5 heteroatoms. The van der Waals surface area contributed by atoms with Gasteiger partial charge in [-0.3, -0.25) is 4.90 Å². The summed E-state index contributed by atoms with van der Waals surface area (Å²) < 4.78 is 17.0. The fourth-order valence-electron chi connectivity index (χ4n) is 4.15. The largest absolute Gasteiger partial charge is 0.493 e. The summed E-state index contributed by atoms with van der Waals surface area (Å²) in [6.07, 6.45) is 3.36. The Hall–Kier alpha value is -1.75. The van der Waals surface area contributed by atoms with Crippen LogP contribution in [0.5, 0.6) is 11.5 Å². The number of rotatable bonds is 5. The summed E-state index contributed by atoms with van der Waals surface area (Å²) in [5, 5.41) is 0. The Labute approximate surface area is 167 Å². The topological polar surface area (TPSA) is 30.9 Å². The van der Waals surface area contributed by atoms with Crippen LogP contribution in [0.3, 0.4) is 0 Å². The molecule has 1 atom stereocenters. The van der Waals surface area contributed by atoms with E-state index in [1.165, 1.54) is 22.3 Å². The third kappa shape index (κ3) is 4.23. The minimum Gasteiger partial charge on any atom is -0.493 e. The van der Waals surface area contributed by atoms with E-state index < -0.39 is 0 Å². The van der Waals surface area contributed by atoms with Crippen LogP contribution in [0.2, 0.25) is 0 Å². The standard InChI is InChI=1S/C22H27NO3.ClH/c1-24-21-13-17-7-10-23(15-18(17)14-22(21)25-2)11-8-20-19-6-4-3-5-16(19)9-12-26-20;/h3-6,13-14,20H,7-12,15H2,1-2H3;1H. The first-order valence-electron chi connectivity index (χ1n) is 9.44. The van der Waals surface area contributed by atoms with E-state index in [4.69, 9.17) is 14.2 Å². The number of hydrogen-bond donors (Lipinski definition) is 0. The summed E-state index contributed by atoms with van der Waals surface area (Å²) in [4.78, 5) is 2.52. The zero-order valence-electron chi connectivity index (χ0n) is 16.1. The molecule has 0 aliphatic carbocycles. The maximum absolute atomic E-state index is 6.07. The molecule has 2 heterocycles. The average Bonchev–Trinajstić information content (AvgIpc) is 2.70. The molecule has 0 bridgehead atoms. The molecule has 0 fully saturated rings. The Bertz CT molecular complexity index is 780. The lowest BCUT2D eigenvalue weighted by Gasteiger charge is -2.32. The van der Waals surface area contributed by atoms with E-state index >= 15 is 0 Å². The van der Waals surface area contributed by atoms with Gasteiger partial charge in [0.15, 0.2) is 11.5 Å². The summed E-state index contributed by atoms with van der Waals surface area (Å²) in [6, 6.07) is 13.0. The smallest absolute Gasteiger partial charge is 0.161 e. The van der Waals surface area contributed by atoms with Crippen molar-refractivity contribution >= 4 is 12.4 Å². The number of ether oxygens (including phenoxy) is 3. The lowest BCUT2D eigenvalue weighted by atomic mass is 9.95. The van der Waals surface area contributed by atoms with Gasteiger partial charge in [0, 0.05) is 19.6 Å². The molecule has 27 heavy (non-hydrogen) atoms. The molecule has 2 aliphatic heterocycles. The molecule has 0 spiro atoms. The van der Waals surface area contributed by atoms with Gasteiger partial charge in [-0.1, -0.05) is 24.3 Å². The molecule has 0 radical (unpaired) electrons. The van der Waals surface area contributed by atoms with Gasteiger partial charge in [0.1, 0.15) is 0 Å². The van der Waals surface area contributed by atoms with Gasteiger partial charge in [-0.15, -0.1) is 12.4 Å². The first-order valence-corrected chi connectivity index (χ1v) is 9.44. The summed E-state index contributed by atoms with van der Waals surface area (Å²) in [6.45, 7) is 3.93. The second-order valence-electron chi connectivity index (χ2n) is 7.10. The van der Waals surface area contributed by atoms with Crippen LogP contribution in [0.1, 0.15) is 34.8 Å². The molecule has 0 saturated carbocycles. The SMILES string of the molecule is COc1cc2c(cc1OC)CN(CCC1OCCc3ccccc31)CC2.Cl. The normalized spacial score (nSPS) is 18.8. The van der Waals surface area contributed by atoms with Crippen LogP contribution in [-0.2, 0) is 24.1 Å². The summed E-state index contributed by atoms with van der Waals surface area (Å²) in [5.74, 6) is 1.64. The average molecular weight is 390 g/mol. The van der Waals surface area contributed by atoms with Gasteiger partial charge < -0.3 is 14.2 Å². The number of nitrogens with zero attached hydrogens (tertiary/aromatic N) is 1. The highest BCUT2D eigenvalue weighted by Crippen LogP contribution is 2.34. The van der Waals surface area contributed by atoms with Crippen molar-refractivity contribution in [1.29, 1.82) is 0 Å². The molecule has 2 aromatic carbocycles. The van der Waals surface area contributed by atoms with Crippen LogP contribution in [0.25, 0.3) is 0 Å². The molecular weight excluding hydrogens is 362 g/mol. The molecule has 4 rings (SSSR count). The van der Waals surface area contributed by atoms with Crippen LogP contribution >= 0.6 is 12.4 Å². The van der Waals surface area contributed by atoms with Crippen LogP contribution in [0.4, 0.5) is 0 Å². The third-order valence-electron chi connectivity index (χ3n) is 5.60. The van der Waals surface area contributed by atoms with Gasteiger partial charge in [0.25, 0.3) is 0 Å². The van der Waals surface area contributed by atoms with Crippen molar-refractivity contribution in [3.63, 3.8) is 0 Å². The molecule has 2 aliphatic rings. The van der Waals surface area contributed by atoms with Crippen molar-refractivity contribution in [2.45, 2.75) is 31.9 Å². The predicted molar refractivity (Wildman–Crippen MR) is 109 cm³/mol.